The van der Waals surface area contributed by atoms with Crippen LogP contribution in [0.1, 0.15) is 0 Å². The summed E-state index contributed by atoms with van der Waals surface area (Å²) in [6.07, 6.45) is 0. The summed E-state index contributed by atoms with van der Waals surface area (Å²) in [5.41, 5.74) is 1.10. The SMILES string of the molecule is Oc1ccc(-c2nc(-c3cc(Cl)cc(Cl)c3)no2)cc1O. The molecule has 0 aliphatic heterocycles. The maximum Gasteiger partial charge on any atom is 0.258 e. The number of aromatic nitrogens is 2. The number of phenols is 2. The number of hydrogen-bond donors (Lipinski definition) is 2. The number of halogens is 2. The van der Waals surface area contributed by atoms with Gasteiger partial charge < -0.3 is 14.7 Å². The van der Waals surface area contributed by atoms with Crippen LogP contribution in [-0.4, -0.2) is 20.4 Å². The monoisotopic (exact) mass is 322 g/mol. The molecule has 0 bridgehead atoms. The van der Waals surface area contributed by atoms with Crippen LogP contribution < -0.4 is 0 Å². The van der Waals surface area contributed by atoms with Crippen molar-refractivity contribution in [2.45, 2.75) is 0 Å². The molecule has 21 heavy (non-hydrogen) atoms. The van der Waals surface area contributed by atoms with Crippen molar-refractivity contribution in [3.63, 3.8) is 0 Å². The molecule has 0 amide bonds. The predicted octanol–water partition coefficient (Wildman–Crippen LogP) is 4.12. The Hall–Kier alpha value is -2.24. The highest BCUT2D eigenvalue weighted by atomic mass is 35.5. The van der Waals surface area contributed by atoms with E-state index >= 15 is 0 Å². The highest BCUT2D eigenvalue weighted by molar-refractivity contribution is 6.35. The van der Waals surface area contributed by atoms with E-state index in [9.17, 15) is 10.2 Å². The lowest BCUT2D eigenvalue weighted by molar-refractivity contribution is 0.402. The first-order chi connectivity index (χ1) is 10.0. The van der Waals surface area contributed by atoms with E-state index in [0.29, 0.717) is 27.0 Å². The third-order valence-electron chi connectivity index (χ3n) is 2.77. The maximum atomic E-state index is 9.48. The Morgan fingerprint density at radius 3 is 2.24 bits per heavy atom. The van der Waals surface area contributed by atoms with Gasteiger partial charge in [0.15, 0.2) is 11.5 Å². The van der Waals surface area contributed by atoms with Gasteiger partial charge in [0.1, 0.15) is 0 Å². The summed E-state index contributed by atoms with van der Waals surface area (Å²) in [5.74, 6) is 0.0384. The lowest BCUT2D eigenvalue weighted by Crippen LogP contribution is -1.82. The van der Waals surface area contributed by atoms with Crippen LogP contribution in [0.4, 0.5) is 0 Å². The Morgan fingerprint density at radius 2 is 1.57 bits per heavy atom. The van der Waals surface area contributed by atoms with Crippen LogP contribution in [0.2, 0.25) is 10.0 Å². The van der Waals surface area contributed by atoms with Gasteiger partial charge in [0.05, 0.1) is 0 Å². The molecule has 0 aliphatic carbocycles. The number of rotatable bonds is 2. The van der Waals surface area contributed by atoms with E-state index in [1.807, 2.05) is 0 Å². The molecule has 7 heteroatoms. The minimum atomic E-state index is -0.266. The van der Waals surface area contributed by atoms with E-state index in [-0.39, 0.29) is 17.4 Å². The van der Waals surface area contributed by atoms with Crippen molar-refractivity contribution in [1.29, 1.82) is 0 Å². The molecule has 0 aliphatic rings. The molecule has 5 nitrogen and oxygen atoms in total. The zero-order chi connectivity index (χ0) is 15.0. The second-order valence-electron chi connectivity index (χ2n) is 4.28. The normalized spacial score (nSPS) is 10.8. The summed E-state index contributed by atoms with van der Waals surface area (Å²) in [4.78, 5) is 4.22. The summed E-state index contributed by atoms with van der Waals surface area (Å²) >= 11 is 11.9. The third-order valence-corrected chi connectivity index (χ3v) is 3.21. The molecule has 1 heterocycles. The van der Waals surface area contributed by atoms with Crippen LogP contribution >= 0.6 is 23.2 Å². The molecule has 0 saturated carbocycles. The van der Waals surface area contributed by atoms with Gasteiger partial charge in [-0.1, -0.05) is 28.4 Å². The summed E-state index contributed by atoms with van der Waals surface area (Å²) in [7, 11) is 0. The van der Waals surface area contributed by atoms with E-state index in [1.54, 1.807) is 24.3 Å². The molecule has 2 N–H and O–H groups in total. The zero-order valence-electron chi connectivity index (χ0n) is 10.4. The fraction of sp³-hybridized carbons (Fsp3) is 0. The van der Waals surface area contributed by atoms with Crippen LogP contribution in [0.15, 0.2) is 40.9 Å². The standard InChI is InChI=1S/C14H8Cl2N2O3/c15-9-3-8(4-10(16)6-9)13-17-14(21-18-13)7-1-2-11(19)12(20)5-7/h1-6,19-20H. The smallest absolute Gasteiger partial charge is 0.258 e. The predicted molar refractivity (Wildman–Crippen MR) is 78.5 cm³/mol. The van der Waals surface area contributed by atoms with Gasteiger partial charge in [0.25, 0.3) is 5.89 Å². The van der Waals surface area contributed by atoms with Crippen LogP contribution in [-0.2, 0) is 0 Å². The molecule has 0 saturated heterocycles. The number of hydrogen-bond acceptors (Lipinski definition) is 5. The molecule has 0 unspecified atom stereocenters. The van der Waals surface area contributed by atoms with Gasteiger partial charge in [-0.15, -0.1) is 0 Å². The minimum absolute atomic E-state index is 0.205. The van der Waals surface area contributed by atoms with Gasteiger partial charge in [-0.3, -0.25) is 0 Å². The lowest BCUT2D eigenvalue weighted by Gasteiger charge is -1.98. The first-order valence-corrected chi connectivity index (χ1v) is 6.61. The van der Waals surface area contributed by atoms with Gasteiger partial charge in [-0.2, -0.15) is 4.98 Å². The maximum absolute atomic E-state index is 9.48. The second-order valence-corrected chi connectivity index (χ2v) is 5.16. The topological polar surface area (TPSA) is 79.4 Å². The Balaban J connectivity index is 2.01. The molecule has 0 fully saturated rings. The summed E-state index contributed by atoms with van der Waals surface area (Å²) in [6.45, 7) is 0. The largest absolute Gasteiger partial charge is 0.504 e. The van der Waals surface area contributed by atoms with Crippen molar-refractivity contribution in [3.05, 3.63) is 46.4 Å². The van der Waals surface area contributed by atoms with Crippen LogP contribution in [0.5, 0.6) is 11.5 Å². The molecule has 1 aromatic heterocycles. The molecule has 3 aromatic rings. The zero-order valence-corrected chi connectivity index (χ0v) is 11.9. The first-order valence-electron chi connectivity index (χ1n) is 5.85. The van der Waals surface area contributed by atoms with E-state index in [4.69, 9.17) is 27.7 Å². The third kappa shape index (κ3) is 2.79. The molecule has 106 valence electrons. The molecule has 3 rings (SSSR count). The van der Waals surface area contributed by atoms with Gasteiger partial charge >= 0.3 is 0 Å². The molecular weight excluding hydrogens is 315 g/mol. The van der Waals surface area contributed by atoms with E-state index < -0.39 is 0 Å². The van der Waals surface area contributed by atoms with Crippen molar-refractivity contribution >= 4 is 23.2 Å². The highest BCUT2D eigenvalue weighted by Crippen LogP contribution is 2.31. The fourth-order valence-electron chi connectivity index (χ4n) is 1.80. The summed E-state index contributed by atoms with van der Waals surface area (Å²) < 4.78 is 5.14. The molecular formula is C14H8Cl2N2O3. The Labute approximate surface area is 129 Å². The molecule has 0 spiro atoms. The number of nitrogens with zero attached hydrogens (tertiary/aromatic N) is 2. The fourth-order valence-corrected chi connectivity index (χ4v) is 2.32. The second kappa shape index (κ2) is 5.27. The van der Waals surface area contributed by atoms with E-state index in [1.165, 1.54) is 12.1 Å². The number of phenolic OH excluding ortho intramolecular Hbond substituents is 2. The quantitative estimate of drug-likeness (QED) is 0.694. The van der Waals surface area contributed by atoms with E-state index in [0.717, 1.165) is 0 Å². The molecule has 0 atom stereocenters. The first kappa shape index (κ1) is 13.7. The average Bonchev–Trinajstić information content (AvgIpc) is 2.90. The van der Waals surface area contributed by atoms with Crippen LogP contribution in [0.3, 0.4) is 0 Å². The number of benzene rings is 2. The Morgan fingerprint density at radius 1 is 0.857 bits per heavy atom. The summed E-state index contributed by atoms with van der Waals surface area (Å²) in [5, 5.41) is 23.5. The van der Waals surface area contributed by atoms with Gasteiger partial charge in [0.2, 0.25) is 5.82 Å². The molecule has 0 radical (unpaired) electrons. The van der Waals surface area contributed by atoms with Crippen molar-refractivity contribution < 1.29 is 14.7 Å². The Bertz CT molecular complexity index is 797. The van der Waals surface area contributed by atoms with Crippen LogP contribution in [0.25, 0.3) is 22.8 Å². The average molecular weight is 323 g/mol. The van der Waals surface area contributed by atoms with Gasteiger partial charge in [-0.25, -0.2) is 0 Å². The van der Waals surface area contributed by atoms with Gasteiger partial charge in [0, 0.05) is 21.2 Å². The van der Waals surface area contributed by atoms with Crippen LogP contribution in [0, 0.1) is 0 Å². The van der Waals surface area contributed by atoms with Crippen molar-refractivity contribution in [1.82, 2.24) is 10.1 Å². The minimum Gasteiger partial charge on any atom is -0.504 e. The lowest BCUT2D eigenvalue weighted by atomic mass is 10.2. The summed E-state index contributed by atoms with van der Waals surface area (Å²) in [6, 6.07) is 9.15. The van der Waals surface area contributed by atoms with Crippen molar-refractivity contribution in [2.24, 2.45) is 0 Å². The molecule has 2 aromatic carbocycles. The number of aromatic hydroxyl groups is 2. The highest BCUT2D eigenvalue weighted by Gasteiger charge is 2.13. The van der Waals surface area contributed by atoms with E-state index in [2.05, 4.69) is 10.1 Å². The van der Waals surface area contributed by atoms with Crippen molar-refractivity contribution in [2.75, 3.05) is 0 Å². The van der Waals surface area contributed by atoms with Crippen molar-refractivity contribution in [3.8, 4) is 34.3 Å². The Kier molecular flexibility index (Phi) is 3.45. The van der Waals surface area contributed by atoms with Gasteiger partial charge in [-0.05, 0) is 36.4 Å².